The van der Waals surface area contributed by atoms with Gasteiger partial charge in [-0.15, -0.1) is 0 Å². The Morgan fingerprint density at radius 3 is 2.43 bits per heavy atom. The van der Waals surface area contributed by atoms with Crippen LogP contribution in [0.3, 0.4) is 0 Å². The summed E-state index contributed by atoms with van der Waals surface area (Å²) < 4.78 is 46.7. The second-order valence-electron chi connectivity index (χ2n) is 9.41. The molecule has 0 aliphatic carbocycles. The number of ether oxygens (including phenoxy) is 3. The van der Waals surface area contributed by atoms with Gasteiger partial charge >= 0.3 is 6.09 Å². The molecule has 2 aromatic heterocycles. The van der Waals surface area contributed by atoms with E-state index in [-0.39, 0.29) is 34.1 Å². The lowest BCUT2D eigenvalue weighted by molar-refractivity contribution is 0.0288. The minimum Gasteiger partial charge on any atom is -0.493 e. The highest BCUT2D eigenvalue weighted by atomic mass is 35.5. The van der Waals surface area contributed by atoms with E-state index in [1.54, 1.807) is 30.4 Å². The van der Waals surface area contributed by atoms with Gasteiger partial charge in [-0.1, -0.05) is 17.5 Å². The first-order valence-corrected chi connectivity index (χ1v) is 11.7. The maximum absolute atomic E-state index is 14.8. The molecule has 2 N–H and O–H groups in total. The molecule has 9 nitrogen and oxygen atoms in total. The SMILES string of the molecule is COc1cc(OC)c(F)c(C#Cc2nn(C3CCN(C(=O)OC(C)(C)C)C3)c3c(Cl)cnc(N)c23)c1F. The Kier molecular flexibility index (Phi) is 7.06. The standard InChI is InChI=1S/C25H26ClF2N5O4/c1-25(2,3)37-24(34)32-9-8-13(12-32)33-22-15(26)11-30-23(29)19(22)16(31-33)7-6-14-20(27)17(35-4)10-18(36-5)21(14)28/h10-11,13H,8-9,12H2,1-5H3,(H2,29,30). The molecule has 1 aliphatic heterocycles. The van der Waals surface area contributed by atoms with E-state index < -0.39 is 28.9 Å². The first kappa shape index (κ1) is 26.3. The highest BCUT2D eigenvalue weighted by molar-refractivity contribution is 6.35. The highest BCUT2D eigenvalue weighted by Gasteiger charge is 2.33. The first-order valence-electron chi connectivity index (χ1n) is 11.4. The van der Waals surface area contributed by atoms with E-state index >= 15 is 0 Å². The quantitative estimate of drug-likeness (QED) is 0.493. The number of fused-ring (bicyclic) bond motifs is 1. The summed E-state index contributed by atoms with van der Waals surface area (Å²) in [7, 11) is 2.50. The van der Waals surface area contributed by atoms with E-state index in [2.05, 4.69) is 21.9 Å². The number of halogens is 3. The third kappa shape index (κ3) is 5.06. The van der Waals surface area contributed by atoms with E-state index in [0.717, 1.165) is 6.07 Å². The zero-order valence-electron chi connectivity index (χ0n) is 21.0. The van der Waals surface area contributed by atoms with Crippen LogP contribution in [-0.2, 0) is 4.74 Å². The van der Waals surface area contributed by atoms with Gasteiger partial charge in [0.05, 0.1) is 42.4 Å². The number of hydrogen-bond acceptors (Lipinski definition) is 7. The van der Waals surface area contributed by atoms with E-state index in [4.69, 9.17) is 31.5 Å². The lowest BCUT2D eigenvalue weighted by Crippen LogP contribution is -2.35. The van der Waals surface area contributed by atoms with Gasteiger partial charge < -0.3 is 24.8 Å². The molecule has 3 aromatic rings. The summed E-state index contributed by atoms with van der Waals surface area (Å²) >= 11 is 6.47. The van der Waals surface area contributed by atoms with E-state index in [9.17, 15) is 13.6 Å². The van der Waals surface area contributed by atoms with Crippen LogP contribution in [0, 0.1) is 23.5 Å². The number of carbonyl (C=O) groups excluding carboxylic acids is 1. The number of benzene rings is 1. The van der Waals surface area contributed by atoms with Crippen molar-refractivity contribution in [2.24, 2.45) is 0 Å². The van der Waals surface area contributed by atoms with Gasteiger partial charge in [0.1, 0.15) is 22.7 Å². The van der Waals surface area contributed by atoms with Crippen LogP contribution >= 0.6 is 11.6 Å². The van der Waals surface area contributed by atoms with Gasteiger partial charge in [-0.2, -0.15) is 5.10 Å². The van der Waals surface area contributed by atoms with Crippen LogP contribution in [0.15, 0.2) is 12.3 Å². The Labute approximate surface area is 217 Å². The average Bonchev–Trinajstić information content (AvgIpc) is 3.46. The number of pyridine rings is 1. The van der Waals surface area contributed by atoms with Crippen molar-refractivity contribution >= 4 is 34.4 Å². The minimum atomic E-state index is -0.982. The number of hydrogen-bond donors (Lipinski definition) is 1. The fraction of sp³-hybridized carbons (Fsp3) is 0.400. The van der Waals surface area contributed by atoms with Crippen molar-refractivity contribution in [3.05, 3.63) is 40.2 Å². The highest BCUT2D eigenvalue weighted by Crippen LogP contribution is 2.35. The summed E-state index contributed by atoms with van der Waals surface area (Å²) in [4.78, 5) is 18.2. The third-order valence-electron chi connectivity index (χ3n) is 5.75. The predicted molar refractivity (Wildman–Crippen MR) is 134 cm³/mol. The van der Waals surface area contributed by atoms with E-state index in [0.29, 0.717) is 30.4 Å². The molecule has 1 aromatic carbocycles. The van der Waals surface area contributed by atoms with Crippen LogP contribution in [0.5, 0.6) is 11.5 Å². The molecule has 1 unspecified atom stereocenters. The molecule has 37 heavy (non-hydrogen) atoms. The Hall–Kier alpha value is -3.78. The van der Waals surface area contributed by atoms with Crippen LogP contribution < -0.4 is 15.2 Å². The Bertz CT molecular complexity index is 1410. The topological polar surface area (TPSA) is 105 Å². The molecule has 3 heterocycles. The van der Waals surface area contributed by atoms with Crippen molar-refractivity contribution in [2.75, 3.05) is 33.0 Å². The van der Waals surface area contributed by atoms with Crippen molar-refractivity contribution in [1.29, 1.82) is 0 Å². The molecule has 0 saturated carbocycles. The second-order valence-corrected chi connectivity index (χ2v) is 9.82. The zero-order valence-corrected chi connectivity index (χ0v) is 21.7. The third-order valence-corrected chi connectivity index (χ3v) is 6.03. The number of carbonyl (C=O) groups is 1. The van der Waals surface area contributed by atoms with Crippen LogP contribution in [-0.4, -0.2) is 58.7 Å². The Balaban J connectivity index is 1.78. The first-order chi connectivity index (χ1) is 17.4. The molecule has 1 amide bonds. The molecular formula is C25H26ClF2N5O4. The van der Waals surface area contributed by atoms with Gasteiger partial charge in [-0.25, -0.2) is 18.6 Å². The fourth-order valence-electron chi connectivity index (χ4n) is 4.06. The molecule has 12 heteroatoms. The lowest BCUT2D eigenvalue weighted by atomic mass is 10.1. The number of methoxy groups -OCH3 is 2. The summed E-state index contributed by atoms with van der Waals surface area (Å²) in [6.45, 7) is 6.14. The summed E-state index contributed by atoms with van der Waals surface area (Å²) in [5.74, 6) is 2.89. The number of anilines is 1. The maximum atomic E-state index is 14.8. The molecule has 4 rings (SSSR count). The minimum absolute atomic E-state index is 0.0983. The second kappa shape index (κ2) is 9.94. The molecule has 0 spiro atoms. The number of nitrogen functional groups attached to an aromatic ring is 1. The molecule has 0 bridgehead atoms. The van der Waals surface area contributed by atoms with Gasteiger partial charge in [0.25, 0.3) is 0 Å². The Morgan fingerprint density at radius 1 is 1.19 bits per heavy atom. The van der Waals surface area contributed by atoms with Gasteiger partial charge in [0.2, 0.25) is 0 Å². The normalized spacial score (nSPS) is 15.5. The monoisotopic (exact) mass is 533 g/mol. The smallest absolute Gasteiger partial charge is 0.410 e. The maximum Gasteiger partial charge on any atom is 0.410 e. The molecule has 1 atom stereocenters. The number of rotatable bonds is 3. The summed E-state index contributed by atoms with van der Waals surface area (Å²) in [5.41, 5.74) is 5.54. The van der Waals surface area contributed by atoms with E-state index in [1.165, 1.54) is 20.4 Å². The van der Waals surface area contributed by atoms with Crippen LogP contribution in [0.25, 0.3) is 10.9 Å². The van der Waals surface area contributed by atoms with Gasteiger partial charge in [-0.3, -0.25) is 4.68 Å². The van der Waals surface area contributed by atoms with Gasteiger partial charge in [-0.05, 0) is 33.1 Å². The van der Waals surface area contributed by atoms with Crippen LogP contribution in [0.2, 0.25) is 5.02 Å². The lowest BCUT2D eigenvalue weighted by Gasteiger charge is -2.24. The summed E-state index contributed by atoms with van der Waals surface area (Å²) in [6.07, 6.45) is 1.52. The molecule has 1 saturated heterocycles. The predicted octanol–water partition coefficient (Wildman–Crippen LogP) is 4.54. The largest absolute Gasteiger partial charge is 0.493 e. The van der Waals surface area contributed by atoms with Gasteiger partial charge in [0.15, 0.2) is 23.1 Å². The van der Waals surface area contributed by atoms with Crippen molar-refractivity contribution in [2.45, 2.75) is 38.8 Å². The van der Waals surface area contributed by atoms with Gasteiger partial charge in [0, 0.05) is 19.2 Å². The van der Waals surface area contributed by atoms with Crippen molar-refractivity contribution in [3.8, 4) is 23.3 Å². The fourth-order valence-corrected chi connectivity index (χ4v) is 4.29. The van der Waals surface area contributed by atoms with Crippen molar-refractivity contribution < 1.29 is 27.8 Å². The zero-order chi connectivity index (χ0) is 27.1. The molecule has 0 radical (unpaired) electrons. The van der Waals surface area contributed by atoms with Crippen LogP contribution in [0.4, 0.5) is 19.4 Å². The number of aromatic nitrogens is 3. The number of amides is 1. The van der Waals surface area contributed by atoms with E-state index in [1.807, 2.05) is 0 Å². The number of nitrogens with two attached hydrogens (primary N) is 1. The summed E-state index contributed by atoms with van der Waals surface area (Å²) in [6, 6.07) is 0.827. The average molecular weight is 534 g/mol. The van der Waals surface area contributed by atoms with Crippen molar-refractivity contribution in [1.82, 2.24) is 19.7 Å². The molecule has 1 aliphatic rings. The van der Waals surface area contributed by atoms with Crippen molar-refractivity contribution in [3.63, 3.8) is 0 Å². The molecule has 1 fully saturated rings. The Morgan fingerprint density at radius 2 is 1.84 bits per heavy atom. The van der Waals surface area contributed by atoms with Crippen LogP contribution in [0.1, 0.15) is 44.5 Å². The molecule has 196 valence electrons. The molecular weight excluding hydrogens is 508 g/mol. The number of likely N-dealkylation sites (tertiary alicyclic amines) is 1. The number of nitrogens with zero attached hydrogens (tertiary/aromatic N) is 4. The summed E-state index contributed by atoms with van der Waals surface area (Å²) in [5, 5.41) is 5.18.